The zero-order valence-electron chi connectivity index (χ0n) is 9.21. The molecule has 0 saturated heterocycles. The minimum absolute atomic E-state index is 0.270. The van der Waals surface area contributed by atoms with Gasteiger partial charge in [0, 0.05) is 22.6 Å². The van der Waals surface area contributed by atoms with Crippen LogP contribution in [0.2, 0.25) is 0 Å². The molecule has 0 aliphatic carbocycles. The smallest absolute Gasteiger partial charge is 0.335 e. The lowest BCUT2D eigenvalue weighted by atomic mass is 10.1. The lowest BCUT2D eigenvalue weighted by Gasteiger charge is -2.04. The van der Waals surface area contributed by atoms with Crippen molar-refractivity contribution >= 4 is 33.7 Å². The largest absolute Gasteiger partial charge is 0.478 e. The average molecular weight is 325 g/mol. The summed E-state index contributed by atoms with van der Waals surface area (Å²) in [5, 5.41) is 9.56. The number of hydrogen-bond donors (Lipinski definition) is 1. The third-order valence-electron chi connectivity index (χ3n) is 2.20. The summed E-state index contributed by atoms with van der Waals surface area (Å²) >= 11 is 4.87. The van der Waals surface area contributed by atoms with E-state index in [1.165, 1.54) is 11.8 Å². The standard InChI is InChI=1S/C12H9BrN2O2S/c13-10-6-8(11(16)17)2-3-9(10)7-18-12-14-4-1-5-15-12/h1-6H,7H2,(H,16,17). The number of carbonyl (C=O) groups is 1. The van der Waals surface area contributed by atoms with Gasteiger partial charge in [-0.1, -0.05) is 33.8 Å². The molecule has 6 heteroatoms. The van der Waals surface area contributed by atoms with Crippen LogP contribution in [0.1, 0.15) is 15.9 Å². The molecule has 0 bridgehead atoms. The SMILES string of the molecule is O=C(O)c1ccc(CSc2ncccn2)c(Br)c1. The third kappa shape index (κ3) is 3.30. The van der Waals surface area contributed by atoms with E-state index in [4.69, 9.17) is 5.11 Å². The molecule has 0 fully saturated rings. The van der Waals surface area contributed by atoms with Crippen LogP contribution in [0.4, 0.5) is 0 Å². The lowest BCUT2D eigenvalue weighted by Crippen LogP contribution is -1.97. The van der Waals surface area contributed by atoms with E-state index < -0.39 is 5.97 Å². The first-order valence-electron chi connectivity index (χ1n) is 5.08. The second-order valence-electron chi connectivity index (χ2n) is 3.43. The highest BCUT2D eigenvalue weighted by molar-refractivity contribution is 9.10. The maximum absolute atomic E-state index is 10.8. The number of nitrogens with zero attached hydrogens (tertiary/aromatic N) is 2. The molecule has 0 spiro atoms. The molecule has 0 aliphatic heterocycles. The van der Waals surface area contributed by atoms with Crippen LogP contribution in [0.15, 0.2) is 46.3 Å². The molecular weight excluding hydrogens is 316 g/mol. The van der Waals surface area contributed by atoms with E-state index in [2.05, 4.69) is 25.9 Å². The van der Waals surface area contributed by atoms with Gasteiger partial charge in [-0.3, -0.25) is 0 Å². The summed E-state index contributed by atoms with van der Waals surface area (Å²) in [6, 6.07) is 6.75. The van der Waals surface area contributed by atoms with Gasteiger partial charge in [-0.15, -0.1) is 0 Å². The van der Waals surface area contributed by atoms with Gasteiger partial charge in [0.1, 0.15) is 0 Å². The third-order valence-corrected chi connectivity index (χ3v) is 3.86. The summed E-state index contributed by atoms with van der Waals surface area (Å²) < 4.78 is 0.783. The molecule has 2 rings (SSSR count). The van der Waals surface area contributed by atoms with Gasteiger partial charge in [-0.05, 0) is 23.8 Å². The van der Waals surface area contributed by atoms with Gasteiger partial charge < -0.3 is 5.11 Å². The minimum atomic E-state index is -0.929. The number of hydrogen-bond acceptors (Lipinski definition) is 4. The molecule has 2 aromatic rings. The fourth-order valence-electron chi connectivity index (χ4n) is 1.30. The van der Waals surface area contributed by atoms with E-state index >= 15 is 0 Å². The molecule has 4 nitrogen and oxygen atoms in total. The molecule has 92 valence electrons. The topological polar surface area (TPSA) is 63.1 Å². The molecule has 1 aromatic carbocycles. The van der Waals surface area contributed by atoms with E-state index in [0.29, 0.717) is 10.9 Å². The van der Waals surface area contributed by atoms with Gasteiger partial charge in [-0.2, -0.15) is 0 Å². The molecule has 0 unspecified atom stereocenters. The van der Waals surface area contributed by atoms with Crippen molar-refractivity contribution in [2.45, 2.75) is 10.9 Å². The maximum Gasteiger partial charge on any atom is 0.335 e. The van der Waals surface area contributed by atoms with E-state index in [0.717, 1.165) is 10.0 Å². The van der Waals surface area contributed by atoms with E-state index in [1.807, 2.05) is 0 Å². The molecular formula is C12H9BrN2O2S. The predicted octanol–water partition coefficient (Wildman–Crippen LogP) is 3.23. The summed E-state index contributed by atoms with van der Waals surface area (Å²) in [5.41, 5.74) is 1.28. The normalized spacial score (nSPS) is 10.3. The Morgan fingerprint density at radius 2 is 2.06 bits per heavy atom. The first-order valence-corrected chi connectivity index (χ1v) is 6.86. The highest BCUT2D eigenvalue weighted by atomic mass is 79.9. The Morgan fingerprint density at radius 3 is 2.67 bits per heavy atom. The van der Waals surface area contributed by atoms with Gasteiger partial charge in [0.05, 0.1) is 5.56 Å². The molecule has 0 radical (unpaired) electrons. The Balaban J connectivity index is 2.08. The Kier molecular flexibility index (Phi) is 4.33. The number of halogens is 1. The number of aromatic nitrogens is 2. The molecule has 1 N–H and O–H groups in total. The predicted molar refractivity (Wildman–Crippen MR) is 72.7 cm³/mol. The van der Waals surface area contributed by atoms with Gasteiger partial charge in [0.2, 0.25) is 0 Å². The van der Waals surface area contributed by atoms with Crippen LogP contribution >= 0.6 is 27.7 Å². The van der Waals surface area contributed by atoms with Crippen LogP contribution in [0, 0.1) is 0 Å². The van der Waals surface area contributed by atoms with Gasteiger partial charge in [0.15, 0.2) is 5.16 Å². The number of benzene rings is 1. The maximum atomic E-state index is 10.8. The monoisotopic (exact) mass is 324 g/mol. The average Bonchev–Trinajstić information content (AvgIpc) is 2.38. The van der Waals surface area contributed by atoms with Crippen LogP contribution in [0.5, 0.6) is 0 Å². The highest BCUT2D eigenvalue weighted by Gasteiger charge is 2.07. The zero-order valence-corrected chi connectivity index (χ0v) is 11.6. The summed E-state index contributed by atoms with van der Waals surface area (Å²) in [6.45, 7) is 0. The molecule has 18 heavy (non-hydrogen) atoms. The lowest BCUT2D eigenvalue weighted by molar-refractivity contribution is 0.0697. The first kappa shape index (κ1) is 13.0. The van der Waals surface area contributed by atoms with Crippen LogP contribution < -0.4 is 0 Å². The second-order valence-corrected chi connectivity index (χ2v) is 5.23. The molecule has 0 aliphatic rings. The second kappa shape index (κ2) is 5.97. The van der Waals surface area contributed by atoms with Gasteiger partial charge in [-0.25, -0.2) is 14.8 Å². The highest BCUT2D eigenvalue weighted by Crippen LogP contribution is 2.25. The summed E-state index contributed by atoms with van der Waals surface area (Å²) in [7, 11) is 0. The number of carboxylic acid groups (broad SMARTS) is 1. The zero-order chi connectivity index (χ0) is 13.0. The van der Waals surface area contributed by atoms with Crippen molar-refractivity contribution in [2.24, 2.45) is 0 Å². The van der Waals surface area contributed by atoms with Crippen molar-refractivity contribution in [2.75, 3.05) is 0 Å². The fraction of sp³-hybridized carbons (Fsp3) is 0.0833. The van der Waals surface area contributed by atoms with Crippen molar-refractivity contribution in [1.82, 2.24) is 9.97 Å². The number of rotatable bonds is 4. The number of aromatic carboxylic acids is 1. The quantitative estimate of drug-likeness (QED) is 0.691. The van der Waals surface area contributed by atoms with Crippen molar-refractivity contribution in [3.8, 4) is 0 Å². The summed E-state index contributed by atoms with van der Waals surface area (Å²) in [5.74, 6) is -0.244. The Bertz CT molecular complexity index is 563. The van der Waals surface area contributed by atoms with Gasteiger partial charge >= 0.3 is 5.97 Å². The van der Waals surface area contributed by atoms with E-state index in [1.54, 1.807) is 36.7 Å². The van der Waals surface area contributed by atoms with E-state index in [9.17, 15) is 4.79 Å². The van der Waals surface area contributed by atoms with Crippen LogP contribution in [0.3, 0.4) is 0 Å². The molecule has 0 amide bonds. The van der Waals surface area contributed by atoms with Crippen molar-refractivity contribution < 1.29 is 9.90 Å². The summed E-state index contributed by atoms with van der Waals surface area (Å²) in [6.07, 6.45) is 3.38. The molecule has 0 atom stereocenters. The Hall–Kier alpha value is -1.40. The van der Waals surface area contributed by atoms with Crippen LogP contribution in [0.25, 0.3) is 0 Å². The molecule has 1 heterocycles. The van der Waals surface area contributed by atoms with Gasteiger partial charge in [0.25, 0.3) is 0 Å². The Morgan fingerprint density at radius 1 is 1.33 bits per heavy atom. The summed E-state index contributed by atoms with van der Waals surface area (Å²) in [4.78, 5) is 19.0. The van der Waals surface area contributed by atoms with Crippen molar-refractivity contribution in [1.29, 1.82) is 0 Å². The van der Waals surface area contributed by atoms with Crippen molar-refractivity contribution in [3.63, 3.8) is 0 Å². The van der Waals surface area contributed by atoms with Crippen LogP contribution in [-0.4, -0.2) is 21.0 Å². The van der Waals surface area contributed by atoms with Crippen molar-refractivity contribution in [3.05, 3.63) is 52.3 Å². The fourth-order valence-corrected chi connectivity index (χ4v) is 2.81. The molecule has 0 saturated carbocycles. The number of thioether (sulfide) groups is 1. The number of carboxylic acids is 1. The van der Waals surface area contributed by atoms with Crippen LogP contribution in [-0.2, 0) is 5.75 Å². The van der Waals surface area contributed by atoms with E-state index in [-0.39, 0.29) is 5.56 Å². The Labute approximate surface area is 117 Å². The first-order chi connectivity index (χ1) is 8.66. The molecule has 1 aromatic heterocycles. The minimum Gasteiger partial charge on any atom is -0.478 e.